The van der Waals surface area contributed by atoms with Crippen LogP contribution in [0.1, 0.15) is 13.3 Å². The zero-order valence-corrected chi connectivity index (χ0v) is 9.94. The monoisotopic (exact) mass is 218 g/mol. The number of hydrogen-bond acceptors (Lipinski definition) is 3. The van der Waals surface area contributed by atoms with Gasteiger partial charge in [-0.15, -0.1) is 0 Å². The van der Waals surface area contributed by atoms with Crippen LogP contribution in [-0.2, 0) is 4.79 Å². The molecule has 1 heterocycles. The van der Waals surface area contributed by atoms with E-state index in [0.717, 1.165) is 13.1 Å². The lowest BCUT2D eigenvalue weighted by atomic mass is 10.1. The van der Waals surface area contributed by atoms with Crippen LogP contribution >= 0.6 is 0 Å². The zero-order valence-electron chi connectivity index (χ0n) is 9.94. The van der Waals surface area contributed by atoms with Crippen LogP contribution in [0.4, 0.5) is 11.4 Å². The van der Waals surface area contributed by atoms with Crippen molar-refractivity contribution in [2.75, 3.05) is 36.5 Å². The molecule has 16 heavy (non-hydrogen) atoms. The molecule has 0 spiro atoms. The summed E-state index contributed by atoms with van der Waals surface area (Å²) in [7, 11) is 2.10. The van der Waals surface area contributed by atoms with Gasteiger partial charge in [-0.25, -0.2) is 0 Å². The van der Waals surface area contributed by atoms with Crippen LogP contribution in [0.2, 0.25) is 0 Å². The Morgan fingerprint density at radius 3 is 2.62 bits per heavy atom. The van der Waals surface area contributed by atoms with Gasteiger partial charge in [0.15, 0.2) is 5.78 Å². The smallest absolute Gasteiger partial charge is 0.151 e. The predicted octanol–water partition coefficient (Wildman–Crippen LogP) is 1.92. The van der Waals surface area contributed by atoms with E-state index < -0.39 is 0 Å². The Labute approximate surface area is 96.7 Å². The maximum atomic E-state index is 11.5. The molecule has 0 saturated carbocycles. The summed E-state index contributed by atoms with van der Waals surface area (Å²) in [5.74, 6) is 0.305. The first kappa shape index (κ1) is 11.0. The van der Waals surface area contributed by atoms with Crippen LogP contribution in [0.25, 0.3) is 0 Å². The summed E-state index contributed by atoms with van der Waals surface area (Å²) >= 11 is 0. The molecule has 0 fully saturated rings. The fraction of sp³-hybridized carbons (Fsp3) is 0.462. The highest BCUT2D eigenvalue weighted by molar-refractivity contribution is 5.85. The minimum absolute atomic E-state index is 0.305. The zero-order chi connectivity index (χ0) is 11.5. The average molecular weight is 218 g/mol. The summed E-state index contributed by atoms with van der Waals surface area (Å²) in [4.78, 5) is 15.9. The number of para-hydroxylation sites is 2. The standard InChI is InChI=1S/C13H18N2O/c1-3-11(16)10-15-9-8-14(2)12-6-4-5-7-13(12)15/h4-7H,3,8-10H2,1-2H3. The first-order valence-corrected chi connectivity index (χ1v) is 5.79. The fourth-order valence-corrected chi connectivity index (χ4v) is 2.05. The quantitative estimate of drug-likeness (QED) is 0.774. The maximum Gasteiger partial charge on any atom is 0.151 e. The molecule has 0 unspecified atom stereocenters. The summed E-state index contributed by atoms with van der Waals surface area (Å²) in [5, 5.41) is 0. The van der Waals surface area contributed by atoms with E-state index in [-0.39, 0.29) is 0 Å². The lowest BCUT2D eigenvalue weighted by Crippen LogP contribution is -2.41. The second-order valence-corrected chi connectivity index (χ2v) is 4.22. The highest BCUT2D eigenvalue weighted by atomic mass is 16.1. The van der Waals surface area contributed by atoms with E-state index in [1.807, 2.05) is 19.1 Å². The van der Waals surface area contributed by atoms with Gasteiger partial charge in [0, 0.05) is 26.6 Å². The molecule has 1 aliphatic rings. The molecule has 1 aromatic carbocycles. The molecule has 0 aromatic heterocycles. The van der Waals surface area contributed by atoms with Crippen molar-refractivity contribution in [3.8, 4) is 0 Å². The van der Waals surface area contributed by atoms with Gasteiger partial charge in [0.1, 0.15) is 0 Å². The molecule has 2 rings (SSSR count). The molecule has 0 atom stereocenters. The summed E-state index contributed by atoms with van der Waals surface area (Å²) < 4.78 is 0. The van der Waals surface area contributed by atoms with Gasteiger partial charge in [0.25, 0.3) is 0 Å². The molecule has 0 N–H and O–H groups in total. The van der Waals surface area contributed by atoms with E-state index in [1.165, 1.54) is 11.4 Å². The van der Waals surface area contributed by atoms with Crippen molar-refractivity contribution >= 4 is 17.2 Å². The lowest BCUT2D eigenvalue weighted by Gasteiger charge is -2.36. The van der Waals surface area contributed by atoms with E-state index in [4.69, 9.17) is 0 Å². The molecule has 0 radical (unpaired) electrons. The number of carbonyl (C=O) groups excluding carboxylic acids is 1. The van der Waals surface area contributed by atoms with Gasteiger partial charge in [-0.1, -0.05) is 19.1 Å². The Balaban J connectivity index is 2.24. The normalized spacial score (nSPS) is 14.9. The molecule has 1 aliphatic heterocycles. The third-order valence-corrected chi connectivity index (χ3v) is 3.10. The van der Waals surface area contributed by atoms with E-state index in [9.17, 15) is 4.79 Å². The van der Waals surface area contributed by atoms with Crippen LogP contribution in [0, 0.1) is 0 Å². The van der Waals surface area contributed by atoms with E-state index in [2.05, 4.69) is 29.0 Å². The number of likely N-dealkylation sites (N-methyl/N-ethyl adjacent to an activating group) is 1. The van der Waals surface area contributed by atoms with E-state index >= 15 is 0 Å². The number of benzene rings is 1. The van der Waals surface area contributed by atoms with Crippen LogP contribution in [0.3, 0.4) is 0 Å². The topological polar surface area (TPSA) is 23.6 Å². The maximum absolute atomic E-state index is 11.5. The Morgan fingerprint density at radius 1 is 1.25 bits per heavy atom. The number of ketones is 1. The molecule has 0 aliphatic carbocycles. The van der Waals surface area contributed by atoms with E-state index in [1.54, 1.807) is 0 Å². The number of carbonyl (C=O) groups is 1. The van der Waals surface area contributed by atoms with E-state index in [0.29, 0.717) is 18.7 Å². The lowest BCUT2D eigenvalue weighted by molar-refractivity contribution is -0.117. The Morgan fingerprint density at radius 2 is 1.94 bits per heavy atom. The second-order valence-electron chi connectivity index (χ2n) is 4.22. The summed E-state index contributed by atoms with van der Waals surface area (Å²) in [5.41, 5.74) is 2.40. The molecule has 1 aromatic rings. The third-order valence-electron chi connectivity index (χ3n) is 3.10. The van der Waals surface area contributed by atoms with Crippen molar-refractivity contribution in [3.05, 3.63) is 24.3 Å². The Kier molecular flexibility index (Phi) is 3.13. The fourth-order valence-electron chi connectivity index (χ4n) is 2.05. The van der Waals surface area contributed by atoms with Crippen LogP contribution < -0.4 is 9.80 Å². The van der Waals surface area contributed by atoms with Crippen LogP contribution in [0.5, 0.6) is 0 Å². The predicted molar refractivity (Wildman–Crippen MR) is 67.2 cm³/mol. The van der Waals surface area contributed by atoms with Gasteiger partial charge in [-0.05, 0) is 12.1 Å². The van der Waals surface area contributed by atoms with Gasteiger partial charge in [-0.3, -0.25) is 4.79 Å². The number of Topliss-reactive ketones (excluding diaryl/α,β-unsaturated/α-hetero) is 1. The van der Waals surface area contributed by atoms with Crippen molar-refractivity contribution < 1.29 is 4.79 Å². The second kappa shape index (κ2) is 4.56. The molecule has 3 heteroatoms. The number of hydrogen-bond donors (Lipinski definition) is 0. The van der Waals surface area contributed by atoms with Crippen molar-refractivity contribution in [1.82, 2.24) is 0 Å². The highest BCUT2D eigenvalue weighted by Crippen LogP contribution is 2.31. The number of rotatable bonds is 3. The molecular formula is C13H18N2O. The third kappa shape index (κ3) is 2.03. The van der Waals surface area contributed by atoms with Gasteiger partial charge in [0.2, 0.25) is 0 Å². The van der Waals surface area contributed by atoms with Crippen molar-refractivity contribution in [1.29, 1.82) is 0 Å². The molecule has 0 amide bonds. The van der Waals surface area contributed by atoms with Crippen LogP contribution in [0.15, 0.2) is 24.3 Å². The molecule has 3 nitrogen and oxygen atoms in total. The van der Waals surface area contributed by atoms with Gasteiger partial charge < -0.3 is 9.80 Å². The number of anilines is 2. The minimum atomic E-state index is 0.305. The molecule has 0 bridgehead atoms. The number of fused-ring (bicyclic) bond motifs is 1. The first-order valence-electron chi connectivity index (χ1n) is 5.79. The van der Waals surface area contributed by atoms with Crippen LogP contribution in [-0.4, -0.2) is 32.5 Å². The van der Waals surface area contributed by atoms with Crippen molar-refractivity contribution in [2.45, 2.75) is 13.3 Å². The summed E-state index contributed by atoms with van der Waals surface area (Å²) in [6.45, 7) is 4.37. The average Bonchev–Trinajstić information content (AvgIpc) is 2.33. The largest absolute Gasteiger partial charge is 0.371 e. The Bertz CT molecular complexity index is 389. The van der Waals surface area contributed by atoms with Gasteiger partial charge >= 0.3 is 0 Å². The summed E-state index contributed by atoms with van der Waals surface area (Å²) in [6.07, 6.45) is 0.620. The summed E-state index contributed by atoms with van der Waals surface area (Å²) in [6, 6.07) is 8.27. The van der Waals surface area contributed by atoms with Crippen molar-refractivity contribution in [2.24, 2.45) is 0 Å². The van der Waals surface area contributed by atoms with Gasteiger partial charge in [-0.2, -0.15) is 0 Å². The SMILES string of the molecule is CCC(=O)CN1CCN(C)c2ccccc21. The number of nitrogens with zero attached hydrogens (tertiary/aromatic N) is 2. The Hall–Kier alpha value is -1.51. The highest BCUT2D eigenvalue weighted by Gasteiger charge is 2.20. The molecule has 86 valence electrons. The van der Waals surface area contributed by atoms with Crippen molar-refractivity contribution in [3.63, 3.8) is 0 Å². The minimum Gasteiger partial charge on any atom is -0.371 e. The molecule has 0 saturated heterocycles. The first-order chi connectivity index (χ1) is 7.72. The van der Waals surface area contributed by atoms with Gasteiger partial charge in [0.05, 0.1) is 17.9 Å². The molecular weight excluding hydrogens is 200 g/mol.